The average molecular weight is 280 g/mol. The molecule has 0 bridgehead atoms. The number of rotatable bonds is 2. The molecule has 0 fully saturated rings. The summed E-state index contributed by atoms with van der Waals surface area (Å²) in [6.07, 6.45) is -5.70. The van der Waals surface area contributed by atoms with Crippen molar-refractivity contribution in [2.24, 2.45) is 0 Å². The lowest BCUT2D eigenvalue weighted by molar-refractivity contribution is -0.292. The SMILES string of the molecule is CN(C)c1ccc2[nH]c(C(F)(F)C(F)(F)F)nc2n1. The number of imidazole rings is 1. The van der Waals surface area contributed by atoms with Gasteiger partial charge in [-0.1, -0.05) is 0 Å². The van der Waals surface area contributed by atoms with E-state index in [1.54, 1.807) is 19.0 Å². The highest BCUT2D eigenvalue weighted by atomic mass is 19.4. The molecule has 104 valence electrons. The third-order valence-electron chi connectivity index (χ3n) is 2.44. The van der Waals surface area contributed by atoms with Gasteiger partial charge in [0.2, 0.25) is 0 Å². The summed E-state index contributed by atoms with van der Waals surface area (Å²) in [4.78, 5) is 10.6. The van der Waals surface area contributed by atoms with Crippen LogP contribution in [0.15, 0.2) is 12.1 Å². The van der Waals surface area contributed by atoms with Gasteiger partial charge in [0.25, 0.3) is 0 Å². The lowest BCUT2D eigenvalue weighted by Gasteiger charge is -2.16. The molecule has 0 atom stereocenters. The van der Waals surface area contributed by atoms with E-state index < -0.39 is 17.9 Å². The third kappa shape index (κ3) is 2.20. The summed E-state index contributed by atoms with van der Waals surface area (Å²) >= 11 is 0. The number of halogens is 5. The maximum absolute atomic E-state index is 13.1. The number of H-pyrrole nitrogens is 1. The van der Waals surface area contributed by atoms with Crippen LogP contribution >= 0.6 is 0 Å². The van der Waals surface area contributed by atoms with Crippen LogP contribution < -0.4 is 4.90 Å². The maximum Gasteiger partial charge on any atom is 0.461 e. The van der Waals surface area contributed by atoms with E-state index in [0.29, 0.717) is 5.82 Å². The van der Waals surface area contributed by atoms with Crippen LogP contribution in [0.2, 0.25) is 0 Å². The highest BCUT2D eigenvalue weighted by molar-refractivity contribution is 5.73. The number of alkyl halides is 5. The van der Waals surface area contributed by atoms with Gasteiger partial charge in [0.15, 0.2) is 11.5 Å². The van der Waals surface area contributed by atoms with Crippen molar-refractivity contribution in [1.82, 2.24) is 15.0 Å². The molecular formula is C10H9F5N4. The summed E-state index contributed by atoms with van der Waals surface area (Å²) in [5, 5.41) is 0. The van der Waals surface area contributed by atoms with Gasteiger partial charge in [0.05, 0.1) is 5.52 Å². The van der Waals surface area contributed by atoms with Crippen LogP contribution in [0.5, 0.6) is 0 Å². The van der Waals surface area contributed by atoms with Crippen molar-refractivity contribution in [3.63, 3.8) is 0 Å². The molecule has 19 heavy (non-hydrogen) atoms. The second kappa shape index (κ2) is 4.04. The van der Waals surface area contributed by atoms with E-state index in [1.807, 2.05) is 4.98 Å². The van der Waals surface area contributed by atoms with Gasteiger partial charge < -0.3 is 9.88 Å². The van der Waals surface area contributed by atoms with Crippen molar-refractivity contribution in [3.05, 3.63) is 18.0 Å². The summed E-state index contributed by atoms with van der Waals surface area (Å²) in [6.45, 7) is 0. The third-order valence-corrected chi connectivity index (χ3v) is 2.44. The zero-order chi connectivity index (χ0) is 14.4. The molecule has 0 aromatic carbocycles. The molecule has 0 spiro atoms. The second-order valence-corrected chi connectivity index (χ2v) is 4.09. The van der Waals surface area contributed by atoms with E-state index in [2.05, 4.69) is 9.97 Å². The smallest absolute Gasteiger partial charge is 0.363 e. The molecular weight excluding hydrogens is 271 g/mol. The molecule has 0 amide bonds. The van der Waals surface area contributed by atoms with Gasteiger partial charge in [0.1, 0.15) is 5.82 Å². The fraction of sp³-hybridized carbons (Fsp3) is 0.400. The molecule has 0 radical (unpaired) electrons. The van der Waals surface area contributed by atoms with Crippen molar-refractivity contribution >= 4 is 17.0 Å². The first kappa shape index (κ1) is 13.5. The van der Waals surface area contributed by atoms with E-state index >= 15 is 0 Å². The molecule has 2 aromatic rings. The largest absolute Gasteiger partial charge is 0.461 e. The first-order valence-electron chi connectivity index (χ1n) is 5.12. The van der Waals surface area contributed by atoms with Gasteiger partial charge in [0, 0.05) is 14.1 Å². The predicted molar refractivity (Wildman–Crippen MR) is 58.2 cm³/mol. The zero-order valence-corrected chi connectivity index (χ0v) is 9.89. The van der Waals surface area contributed by atoms with E-state index in [0.717, 1.165) is 0 Å². The Morgan fingerprint density at radius 2 is 1.68 bits per heavy atom. The summed E-state index contributed by atoms with van der Waals surface area (Å²) < 4.78 is 62.9. The number of aromatic nitrogens is 3. The number of hydrogen-bond acceptors (Lipinski definition) is 3. The van der Waals surface area contributed by atoms with E-state index in [9.17, 15) is 22.0 Å². The number of fused-ring (bicyclic) bond motifs is 1. The number of nitrogens with zero attached hydrogens (tertiary/aromatic N) is 3. The highest BCUT2D eigenvalue weighted by Gasteiger charge is 2.61. The minimum atomic E-state index is -5.70. The van der Waals surface area contributed by atoms with Gasteiger partial charge in [-0.15, -0.1) is 0 Å². The summed E-state index contributed by atoms with van der Waals surface area (Å²) in [7, 11) is 3.32. The molecule has 2 rings (SSSR count). The second-order valence-electron chi connectivity index (χ2n) is 4.09. The quantitative estimate of drug-likeness (QED) is 0.860. The van der Waals surface area contributed by atoms with Crippen LogP contribution in [0.3, 0.4) is 0 Å². The Kier molecular flexibility index (Phi) is 2.87. The lowest BCUT2D eigenvalue weighted by atomic mass is 10.3. The molecule has 0 aliphatic carbocycles. The number of hydrogen-bond donors (Lipinski definition) is 1. The van der Waals surface area contributed by atoms with Crippen molar-refractivity contribution in [3.8, 4) is 0 Å². The van der Waals surface area contributed by atoms with E-state index in [-0.39, 0.29) is 11.2 Å². The van der Waals surface area contributed by atoms with Crippen molar-refractivity contribution in [2.45, 2.75) is 12.1 Å². The standard InChI is InChI=1S/C10H9F5N4/c1-19(2)6-4-3-5-7(17-6)18-8(16-5)9(11,12)10(13,14)15/h3-4H,1-2H3,(H,16,17,18). The summed E-state index contributed by atoms with van der Waals surface area (Å²) in [5.41, 5.74) is -0.172. The molecule has 9 heteroatoms. The van der Waals surface area contributed by atoms with Gasteiger partial charge in [-0.25, -0.2) is 9.97 Å². The Morgan fingerprint density at radius 3 is 2.21 bits per heavy atom. The van der Waals surface area contributed by atoms with Crippen LogP contribution in [0.4, 0.5) is 27.8 Å². The molecule has 1 N–H and O–H groups in total. The predicted octanol–water partition coefficient (Wildman–Crippen LogP) is 2.68. The number of pyridine rings is 1. The molecule has 0 unspecified atom stereocenters. The molecule has 0 aliphatic heterocycles. The van der Waals surface area contributed by atoms with Crippen molar-refractivity contribution in [2.75, 3.05) is 19.0 Å². The normalized spacial score (nSPS) is 13.0. The van der Waals surface area contributed by atoms with Crippen LogP contribution in [-0.2, 0) is 5.92 Å². The maximum atomic E-state index is 13.1. The van der Waals surface area contributed by atoms with E-state index in [1.165, 1.54) is 12.1 Å². The molecule has 2 heterocycles. The van der Waals surface area contributed by atoms with Crippen molar-refractivity contribution in [1.29, 1.82) is 0 Å². The monoisotopic (exact) mass is 280 g/mol. The van der Waals surface area contributed by atoms with Gasteiger partial charge in [-0.2, -0.15) is 22.0 Å². The molecule has 0 saturated carbocycles. The lowest BCUT2D eigenvalue weighted by Crippen LogP contribution is -2.34. The Hall–Kier alpha value is -1.93. The number of aromatic amines is 1. The number of nitrogens with one attached hydrogen (secondary N) is 1. The topological polar surface area (TPSA) is 44.8 Å². The number of anilines is 1. The molecule has 2 aromatic heterocycles. The zero-order valence-electron chi connectivity index (χ0n) is 9.89. The Morgan fingerprint density at radius 1 is 1.05 bits per heavy atom. The first-order chi connectivity index (χ1) is 8.63. The van der Waals surface area contributed by atoms with Gasteiger partial charge in [-0.3, -0.25) is 0 Å². The average Bonchev–Trinajstić information content (AvgIpc) is 2.70. The van der Waals surface area contributed by atoms with Crippen LogP contribution in [0.25, 0.3) is 11.2 Å². The Balaban J connectivity index is 2.53. The van der Waals surface area contributed by atoms with E-state index in [4.69, 9.17) is 0 Å². The van der Waals surface area contributed by atoms with Gasteiger partial charge in [-0.05, 0) is 12.1 Å². The van der Waals surface area contributed by atoms with Gasteiger partial charge >= 0.3 is 12.1 Å². The van der Waals surface area contributed by atoms with Crippen LogP contribution in [-0.4, -0.2) is 35.2 Å². The van der Waals surface area contributed by atoms with Crippen LogP contribution in [0, 0.1) is 0 Å². The van der Waals surface area contributed by atoms with Crippen molar-refractivity contribution < 1.29 is 22.0 Å². The highest BCUT2D eigenvalue weighted by Crippen LogP contribution is 2.42. The molecule has 0 aliphatic rings. The van der Waals surface area contributed by atoms with Crippen LogP contribution in [0.1, 0.15) is 5.82 Å². The fourth-order valence-electron chi connectivity index (χ4n) is 1.41. The first-order valence-corrected chi connectivity index (χ1v) is 5.12. The summed E-state index contributed by atoms with van der Waals surface area (Å²) in [6, 6.07) is 2.83. The fourth-order valence-corrected chi connectivity index (χ4v) is 1.41. The Bertz CT molecular complexity index is 601. The minimum Gasteiger partial charge on any atom is -0.363 e. The minimum absolute atomic E-state index is 0.0181. The molecule has 0 saturated heterocycles. The summed E-state index contributed by atoms with van der Waals surface area (Å²) in [5.74, 6) is -6.09. The molecule has 4 nitrogen and oxygen atoms in total. The Labute approximate surface area is 104 Å².